The summed E-state index contributed by atoms with van der Waals surface area (Å²) in [6.45, 7) is 5.21. The number of hydrogen-bond acceptors (Lipinski definition) is 9. The molecule has 0 saturated carbocycles. The third-order valence-corrected chi connectivity index (χ3v) is 10.7. The standard InChI is InChI=1S/C46H44N2O7S/c1-29-40(28-56-46-48-41(34-13-6-4-7-14-34)43(55-46)35-15-8-5-9-16-35)53-45(54-42(29)36-22-20-32(27-49)21-23-36)39-19-11-18-38(25-39)37-17-10-12-33(24-37)26-47-44(51)30(2)52-31(3)50/h4-25,29-30,40,42,45,49H,26-28H2,1-3H3,(H,47,51). The van der Waals surface area contributed by atoms with E-state index in [1.165, 1.54) is 18.7 Å². The van der Waals surface area contributed by atoms with Crippen molar-refractivity contribution in [2.24, 2.45) is 5.92 Å². The molecule has 0 bridgehead atoms. The van der Waals surface area contributed by atoms with Gasteiger partial charge in [0.1, 0.15) is 5.69 Å². The lowest BCUT2D eigenvalue weighted by molar-refractivity contribution is -0.268. The van der Waals surface area contributed by atoms with E-state index in [2.05, 4.69) is 18.3 Å². The summed E-state index contributed by atoms with van der Waals surface area (Å²) in [5.74, 6) is 0.390. The molecule has 0 aliphatic carbocycles. The van der Waals surface area contributed by atoms with Gasteiger partial charge in [-0.3, -0.25) is 9.59 Å². The van der Waals surface area contributed by atoms with Crippen LogP contribution in [0.25, 0.3) is 33.7 Å². The van der Waals surface area contributed by atoms with Crippen LogP contribution >= 0.6 is 11.8 Å². The Bertz CT molecular complexity index is 2190. The fourth-order valence-corrected chi connectivity index (χ4v) is 7.75. The molecular weight excluding hydrogens is 725 g/mol. The molecule has 1 amide bonds. The molecule has 9 nitrogen and oxygen atoms in total. The van der Waals surface area contributed by atoms with Gasteiger partial charge in [-0.25, -0.2) is 4.98 Å². The van der Waals surface area contributed by atoms with Crippen LogP contribution in [-0.4, -0.2) is 39.9 Å². The topological polar surface area (TPSA) is 120 Å². The number of aliphatic hydroxyl groups excluding tert-OH is 1. The number of aromatic nitrogens is 1. The van der Waals surface area contributed by atoms with E-state index in [9.17, 15) is 14.7 Å². The van der Waals surface area contributed by atoms with Crippen LogP contribution < -0.4 is 5.32 Å². The Morgan fingerprint density at radius 2 is 1.45 bits per heavy atom. The molecule has 1 aliphatic rings. The van der Waals surface area contributed by atoms with Crippen LogP contribution in [0.1, 0.15) is 55.4 Å². The van der Waals surface area contributed by atoms with Gasteiger partial charge in [0.05, 0.1) is 18.8 Å². The summed E-state index contributed by atoms with van der Waals surface area (Å²) in [6, 6.07) is 44.0. The fourth-order valence-electron chi connectivity index (χ4n) is 6.76. The van der Waals surface area contributed by atoms with Gasteiger partial charge >= 0.3 is 5.97 Å². The third kappa shape index (κ3) is 9.29. The monoisotopic (exact) mass is 768 g/mol. The lowest BCUT2D eigenvalue weighted by Gasteiger charge is -2.41. The van der Waals surface area contributed by atoms with Gasteiger partial charge in [0, 0.05) is 41.8 Å². The highest BCUT2D eigenvalue weighted by Crippen LogP contribution is 2.44. The number of hydrogen-bond donors (Lipinski definition) is 2. The van der Waals surface area contributed by atoms with Crippen LogP contribution in [0.15, 0.2) is 143 Å². The molecule has 2 heterocycles. The smallest absolute Gasteiger partial charge is 0.303 e. The second-order valence-corrected chi connectivity index (χ2v) is 14.8. The van der Waals surface area contributed by atoms with Crippen molar-refractivity contribution in [2.75, 3.05) is 5.75 Å². The van der Waals surface area contributed by atoms with E-state index in [1.807, 2.05) is 127 Å². The molecule has 2 N–H and O–H groups in total. The van der Waals surface area contributed by atoms with Crippen LogP contribution in [0, 0.1) is 5.92 Å². The average Bonchev–Trinajstić information content (AvgIpc) is 3.67. The molecule has 1 fully saturated rings. The Kier molecular flexibility index (Phi) is 12.4. The van der Waals surface area contributed by atoms with E-state index < -0.39 is 18.4 Å². The van der Waals surface area contributed by atoms with Gasteiger partial charge < -0.3 is 29.1 Å². The van der Waals surface area contributed by atoms with Crippen LogP contribution in [0.2, 0.25) is 0 Å². The van der Waals surface area contributed by atoms with Gasteiger partial charge in [0.25, 0.3) is 11.1 Å². The number of nitrogens with zero attached hydrogens (tertiary/aromatic N) is 1. The minimum atomic E-state index is -0.877. The van der Waals surface area contributed by atoms with Crippen molar-refractivity contribution in [1.29, 1.82) is 0 Å². The molecule has 1 saturated heterocycles. The van der Waals surface area contributed by atoms with Crippen LogP contribution in [0.3, 0.4) is 0 Å². The van der Waals surface area contributed by atoms with Crippen molar-refractivity contribution in [3.05, 3.63) is 156 Å². The van der Waals surface area contributed by atoms with Crippen LogP contribution in [0.5, 0.6) is 0 Å². The van der Waals surface area contributed by atoms with E-state index in [0.717, 1.165) is 56.0 Å². The molecule has 6 aromatic rings. The second kappa shape index (κ2) is 18.0. The zero-order valence-corrected chi connectivity index (χ0v) is 32.3. The quantitative estimate of drug-likeness (QED) is 0.0875. The van der Waals surface area contributed by atoms with Gasteiger partial charge in [0.2, 0.25) is 0 Å². The number of esters is 1. The van der Waals surface area contributed by atoms with Gasteiger partial charge in [-0.15, -0.1) is 0 Å². The number of oxazole rings is 1. The number of thioether (sulfide) groups is 1. The largest absolute Gasteiger partial charge is 0.453 e. The Morgan fingerprint density at radius 1 is 0.786 bits per heavy atom. The zero-order chi connectivity index (χ0) is 39.0. The maximum absolute atomic E-state index is 12.5. The summed E-state index contributed by atoms with van der Waals surface area (Å²) >= 11 is 1.52. The first-order valence-corrected chi connectivity index (χ1v) is 19.6. The molecule has 5 atom stereocenters. The maximum atomic E-state index is 12.5. The normalized spacial score (nSPS) is 18.6. The summed E-state index contributed by atoms with van der Waals surface area (Å²) in [6.07, 6.45) is -2.08. The molecule has 56 heavy (non-hydrogen) atoms. The minimum Gasteiger partial charge on any atom is -0.453 e. The Balaban J connectivity index is 1.13. The van der Waals surface area contributed by atoms with Gasteiger partial charge in [-0.1, -0.05) is 140 Å². The van der Waals surface area contributed by atoms with Crippen LogP contribution in [-0.2, 0) is 37.0 Å². The first-order valence-electron chi connectivity index (χ1n) is 18.6. The van der Waals surface area contributed by atoms with Crippen molar-refractivity contribution in [3.63, 3.8) is 0 Å². The fraction of sp³-hybridized carbons (Fsp3) is 0.239. The van der Waals surface area contributed by atoms with Gasteiger partial charge in [0.15, 0.2) is 18.2 Å². The molecule has 5 unspecified atom stereocenters. The number of ether oxygens (including phenoxy) is 3. The number of carbonyl (C=O) groups is 2. The summed E-state index contributed by atoms with van der Waals surface area (Å²) < 4.78 is 25.0. The summed E-state index contributed by atoms with van der Waals surface area (Å²) in [5, 5.41) is 13.1. The van der Waals surface area contributed by atoms with E-state index in [-0.39, 0.29) is 37.2 Å². The number of nitrogens with one attached hydrogen (secondary N) is 1. The van der Waals surface area contributed by atoms with E-state index in [1.54, 1.807) is 6.92 Å². The number of carbonyl (C=O) groups excluding carboxylic acids is 2. The van der Waals surface area contributed by atoms with E-state index in [0.29, 0.717) is 11.0 Å². The lowest BCUT2D eigenvalue weighted by atomic mass is 9.91. The average molecular weight is 769 g/mol. The highest BCUT2D eigenvalue weighted by atomic mass is 32.2. The van der Waals surface area contributed by atoms with Crippen molar-refractivity contribution >= 4 is 23.6 Å². The predicted molar refractivity (Wildman–Crippen MR) is 216 cm³/mol. The Morgan fingerprint density at radius 3 is 2.14 bits per heavy atom. The highest BCUT2D eigenvalue weighted by Gasteiger charge is 2.39. The molecule has 0 radical (unpaired) electrons. The van der Waals surface area contributed by atoms with Gasteiger partial charge in [-0.05, 0) is 46.9 Å². The zero-order valence-electron chi connectivity index (χ0n) is 31.5. The number of rotatable bonds is 13. The molecule has 1 aromatic heterocycles. The number of benzene rings is 5. The lowest BCUT2D eigenvalue weighted by Crippen LogP contribution is -2.38. The molecule has 1 aliphatic heterocycles. The molecular formula is C46H44N2O7S. The predicted octanol–water partition coefficient (Wildman–Crippen LogP) is 9.32. The summed E-state index contributed by atoms with van der Waals surface area (Å²) in [5.41, 5.74) is 8.25. The summed E-state index contributed by atoms with van der Waals surface area (Å²) in [7, 11) is 0. The van der Waals surface area contributed by atoms with Crippen molar-refractivity contribution in [1.82, 2.24) is 10.3 Å². The van der Waals surface area contributed by atoms with Crippen molar-refractivity contribution in [2.45, 2.75) is 63.7 Å². The second-order valence-electron chi connectivity index (χ2n) is 13.8. The SMILES string of the molecule is CC(=O)OC(C)C(=O)NCc1cccc(-c2cccc(C3OC(CSc4nc(-c5ccccc5)c(-c5ccccc5)o4)C(C)C(c4ccc(CO)cc4)O3)c2)c1. The molecule has 286 valence electrons. The first-order chi connectivity index (χ1) is 27.2. The van der Waals surface area contributed by atoms with E-state index in [4.69, 9.17) is 23.6 Å². The van der Waals surface area contributed by atoms with E-state index >= 15 is 0 Å². The first kappa shape index (κ1) is 38.7. The molecule has 10 heteroatoms. The summed E-state index contributed by atoms with van der Waals surface area (Å²) in [4.78, 5) is 28.7. The minimum absolute atomic E-state index is 0.0329. The van der Waals surface area contributed by atoms with Crippen molar-refractivity contribution in [3.8, 4) is 33.7 Å². The van der Waals surface area contributed by atoms with Crippen LogP contribution in [0.4, 0.5) is 0 Å². The van der Waals surface area contributed by atoms with Crippen molar-refractivity contribution < 1.29 is 33.3 Å². The number of amides is 1. The third-order valence-electron chi connectivity index (χ3n) is 9.78. The molecule has 0 spiro atoms. The van der Waals surface area contributed by atoms with Gasteiger partial charge in [-0.2, -0.15) is 0 Å². The maximum Gasteiger partial charge on any atom is 0.303 e. The molecule has 5 aromatic carbocycles. The number of aliphatic hydroxyl groups is 1. The Labute approximate surface area is 331 Å². The molecule has 7 rings (SSSR count). The Hall–Kier alpha value is -5.52. The highest BCUT2D eigenvalue weighted by molar-refractivity contribution is 7.99.